The topological polar surface area (TPSA) is 170 Å². The van der Waals surface area contributed by atoms with E-state index in [9.17, 15) is 19.5 Å². The number of aliphatic hydroxyl groups is 1. The average molecular weight is 652 g/mol. The van der Waals surface area contributed by atoms with E-state index in [0.717, 1.165) is 29.0 Å². The molecule has 4 aromatic rings. The first-order valence-electron chi connectivity index (χ1n) is 14.3. The van der Waals surface area contributed by atoms with E-state index in [4.69, 9.17) is 16.2 Å². The molecule has 0 aliphatic heterocycles. The molecule has 2 heterocycles. The van der Waals surface area contributed by atoms with Crippen LogP contribution in [0.25, 0.3) is 10.4 Å². The van der Waals surface area contributed by atoms with E-state index < -0.39 is 47.2 Å². The summed E-state index contributed by atoms with van der Waals surface area (Å²) in [6, 6.07) is 17.2. The van der Waals surface area contributed by atoms with Crippen LogP contribution in [0, 0.1) is 11.6 Å². The molecular formula is C33H35F2N5O5S. The molecule has 4 rings (SSSR count). The predicted molar refractivity (Wildman–Crippen MR) is 172 cm³/mol. The zero-order chi connectivity index (χ0) is 33.8. The standard InChI is InChI=1S/C33H35F2N5O5S/c1-17(2)38-30(42)28(45-32(37)43)20(13-18-9-6-5-7-10-18)24-11-8-12-26(39-24)40-31-21(29(36)41)16-25(46-31)27-22(34)14-19(15-23(27)35)33(3,4)44/h5-12,14-17,20,28,44H,13H2,1-4H3,(H2,36,41)(H2,37,43)(H,38,42)(H,39,40). The van der Waals surface area contributed by atoms with Gasteiger partial charge in [0.05, 0.1) is 28.3 Å². The molecule has 0 saturated heterocycles. The Labute approximate surface area is 268 Å². The Morgan fingerprint density at radius 2 is 1.65 bits per heavy atom. The molecule has 0 radical (unpaired) electrons. The van der Waals surface area contributed by atoms with Crippen molar-refractivity contribution < 1.29 is 33.0 Å². The number of carbonyl (C=O) groups is 3. The van der Waals surface area contributed by atoms with Gasteiger partial charge in [-0.05, 0) is 75.6 Å². The van der Waals surface area contributed by atoms with Gasteiger partial charge in [0.2, 0.25) is 0 Å². The van der Waals surface area contributed by atoms with Crippen molar-refractivity contribution in [2.75, 3.05) is 5.32 Å². The highest BCUT2D eigenvalue weighted by Crippen LogP contribution is 2.40. The Morgan fingerprint density at radius 1 is 1.00 bits per heavy atom. The lowest BCUT2D eigenvalue weighted by molar-refractivity contribution is -0.131. The van der Waals surface area contributed by atoms with E-state index in [1.54, 1.807) is 32.0 Å². The van der Waals surface area contributed by atoms with Crippen molar-refractivity contribution in [1.29, 1.82) is 0 Å². The molecule has 0 spiro atoms. The molecule has 0 bridgehead atoms. The second-order valence-electron chi connectivity index (χ2n) is 11.5. The Morgan fingerprint density at radius 3 is 2.22 bits per heavy atom. The summed E-state index contributed by atoms with van der Waals surface area (Å²) in [5.41, 5.74) is 10.3. The molecule has 0 aliphatic rings. The molecule has 2 aromatic heterocycles. The van der Waals surface area contributed by atoms with Gasteiger partial charge in [-0.25, -0.2) is 18.6 Å². The summed E-state index contributed by atoms with van der Waals surface area (Å²) in [7, 11) is 0. The van der Waals surface area contributed by atoms with Gasteiger partial charge in [0.1, 0.15) is 22.5 Å². The molecule has 13 heteroatoms. The van der Waals surface area contributed by atoms with Crippen molar-refractivity contribution in [2.24, 2.45) is 11.5 Å². The number of ether oxygens (including phenoxy) is 1. The molecule has 46 heavy (non-hydrogen) atoms. The largest absolute Gasteiger partial charge is 0.436 e. The number of amides is 3. The van der Waals surface area contributed by atoms with Gasteiger partial charge in [-0.2, -0.15) is 0 Å². The molecule has 2 aromatic carbocycles. The van der Waals surface area contributed by atoms with E-state index in [-0.39, 0.29) is 44.8 Å². The molecule has 0 fully saturated rings. The predicted octanol–water partition coefficient (Wildman–Crippen LogP) is 5.47. The van der Waals surface area contributed by atoms with Crippen molar-refractivity contribution in [3.8, 4) is 10.4 Å². The molecule has 7 N–H and O–H groups in total. The number of carbonyl (C=O) groups excluding carboxylic acids is 3. The molecular weight excluding hydrogens is 616 g/mol. The van der Waals surface area contributed by atoms with Crippen LogP contribution >= 0.6 is 11.3 Å². The SMILES string of the molecule is CC(C)NC(=O)C(OC(N)=O)C(Cc1ccccc1)c1cccc(Nc2sc(-c3c(F)cc(C(C)(C)O)cc3F)cc2C(N)=O)n1. The number of anilines is 2. The summed E-state index contributed by atoms with van der Waals surface area (Å²) in [5, 5.41) is 16.1. The number of thiophene rings is 1. The maximum absolute atomic E-state index is 15.2. The first kappa shape index (κ1) is 34.0. The number of halogens is 2. The third-order valence-electron chi connectivity index (χ3n) is 6.98. The van der Waals surface area contributed by atoms with Crippen LogP contribution in [0.15, 0.2) is 66.7 Å². The van der Waals surface area contributed by atoms with Gasteiger partial charge in [0.25, 0.3) is 11.8 Å². The van der Waals surface area contributed by atoms with Gasteiger partial charge in [-0.3, -0.25) is 9.59 Å². The van der Waals surface area contributed by atoms with Crippen LogP contribution in [-0.2, 0) is 21.6 Å². The summed E-state index contributed by atoms with van der Waals surface area (Å²) >= 11 is 0.876. The van der Waals surface area contributed by atoms with E-state index in [0.29, 0.717) is 5.69 Å². The van der Waals surface area contributed by atoms with Gasteiger partial charge in [-0.1, -0.05) is 36.4 Å². The average Bonchev–Trinajstić information content (AvgIpc) is 3.37. The number of nitrogens with two attached hydrogens (primary N) is 2. The number of hydrogen-bond acceptors (Lipinski definition) is 8. The van der Waals surface area contributed by atoms with Crippen molar-refractivity contribution in [3.05, 3.63) is 101 Å². The fourth-order valence-corrected chi connectivity index (χ4v) is 5.96. The summed E-state index contributed by atoms with van der Waals surface area (Å²) in [6.07, 6.45) is -2.23. The number of hydrogen-bond donors (Lipinski definition) is 5. The molecule has 3 amide bonds. The maximum atomic E-state index is 15.2. The van der Waals surface area contributed by atoms with Crippen molar-refractivity contribution >= 4 is 40.1 Å². The van der Waals surface area contributed by atoms with Crippen LogP contribution < -0.4 is 22.1 Å². The lowest BCUT2D eigenvalue weighted by Gasteiger charge is -2.26. The number of aromatic nitrogens is 1. The van der Waals surface area contributed by atoms with E-state index >= 15 is 8.78 Å². The lowest BCUT2D eigenvalue weighted by Crippen LogP contribution is -2.45. The monoisotopic (exact) mass is 651 g/mol. The van der Waals surface area contributed by atoms with Crippen molar-refractivity contribution in [2.45, 2.75) is 57.8 Å². The van der Waals surface area contributed by atoms with Crippen LogP contribution in [0.2, 0.25) is 0 Å². The number of nitrogens with zero attached hydrogens (tertiary/aromatic N) is 1. The number of pyridine rings is 1. The zero-order valence-electron chi connectivity index (χ0n) is 25.6. The molecule has 0 aliphatic carbocycles. The highest BCUT2D eigenvalue weighted by atomic mass is 32.1. The number of rotatable bonds is 12. The van der Waals surface area contributed by atoms with Crippen molar-refractivity contribution in [1.82, 2.24) is 10.3 Å². The van der Waals surface area contributed by atoms with E-state index in [1.165, 1.54) is 19.9 Å². The molecule has 242 valence electrons. The quantitative estimate of drug-likeness (QED) is 0.135. The van der Waals surface area contributed by atoms with Crippen LogP contribution in [0.4, 0.5) is 24.4 Å². The minimum absolute atomic E-state index is 0.0374. The summed E-state index contributed by atoms with van der Waals surface area (Å²) < 4.78 is 35.6. The number of primary amides is 2. The third-order valence-corrected chi connectivity index (χ3v) is 8.05. The molecule has 2 unspecified atom stereocenters. The first-order valence-corrected chi connectivity index (χ1v) is 15.2. The number of nitrogens with one attached hydrogen (secondary N) is 2. The Balaban J connectivity index is 1.75. The molecule has 10 nitrogen and oxygen atoms in total. The van der Waals surface area contributed by atoms with Gasteiger partial charge >= 0.3 is 6.09 Å². The van der Waals surface area contributed by atoms with Crippen LogP contribution in [-0.4, -0.2) is 40.1 Å². The zero-order valence-corrected chi connectivity index (χ0v) is 26.5. The number of benzene rings is 2. The van der Waals surface area contributed by atoms with E-state index in [1.807, 2.05) is 30.3 Å². The summed E-state index contributed by atoms with van der Waals surface area (Å²) in [6.45, 7) is 6.34. The smallest absolute Gasteiger partial charge is 0.405 e. The highest BCUT2D eigenvalue weighted by molar-refractivity contribution is 7.20. The fourth-order valence-electron chi connectivity index (χ4n) is 4.84. The van der Waals surface area contributed by atoms with Crippen LogP contribution in [0.3, 0.4) is 0 Å². The Hall–Kier alpha value is -4.88. The maximum Gasteiger partial charge on any atom is 0.405 e. The normalized spacial score (nSPS) is 12.8. The van der Waals surface area contributed by atoms with E-state index in [2.05, 4.69) is 15.6 Å². The highest BCUT2D eigenvalue weighted by Gasteiger charge is 2.34. The van der Waals surface area contributed by atoms with Crippen LogP contribution in [0.5, 0.6) is 0 Å². The molecule has 0 saturated carbocycles. The van der Waals surface area contributed by atoms with Crippen LogP contribution in [0.1, 0.15) is 60.8 Å². The third kappa shape index (κ3) is 8.23. The van der Waals surface area contributed by atoms with Gasteiger partial charge in [0, 0.05) is 10.9 Å². The molecule has 2 atom stereocenters. The second-order valence-corrected chi connectivity index (χ2v) is 12.5. The van der Waals surface area contributed by atoms with Gasteiger partial charge in [0.15, 0.2) is 6.10 Å². The first-order chi connectivity index (χ1) is 21.6. The lowest BCUT2D eigenvalue weighted by atomic mass is 9.89. The van der Waals surface area contributed by atoms with Gasteiger partial charge in [-0.15, -0.1) is 11.3 Å². The minimum atomic E-state index is -1.48. The summed E-state index contributed by atoms with van der Waals surface area (Å²) in [5.74, 6) is -3.84. The minimum Gasteiger partial charge on any atom is -0.436 e. The van der Waals surface area contributed by atoms with Gasteiger partial charge < -0.3 is 31.9 Å². The van der Waals surface area contributed by atoms with Crippen molar-refractivity contribution in [3.63, 3.8) is 0 Å². The second kappa shape index (κ2) is 14.0. The Kier molecular flexibility index (Phi) is 10.4. The Bertz CT molecular complexity index is 1720. The summed E-state index contributed by atoms with van der Waals surface area (Å²) in [4.78, 5) is 42.3. The fraction of sp³-hybridized carbons (Fsp3) is 0.273.